The normalized spacial score (nSPS) is 10.8. The molecule has 0 aliphatic carbocycles. The van der Waals surface area contributed by atoms with Gasteiger partial charge in [-0.15, -0.1) is 0 Å². The zero-order chi connectivity index (χ0) is 17.9. The number of aromatic nitrogens is 4. The molecule has 4 aromatic rings. The minimum atomic E-state index is -0.201. The van der Waals surface area contributed by atoms with Crippen LogP contribution in [0.4, 0.5) is 5.69 Å². The molecule has 1 amide bonds. The first-order valence-corrected chi connectivity index (χ1v) is 7.94. The Kier molecular flexibility index (Phi) is 4.06. The van der Waals surface area contributed by atoms with Crippen molar-refractivity contribution < 1.29 is 14.1 Å². The molecule has 0 saturated carbocycles. The largest absolute Gasteiger partial charge is 0.485 e. The van der Waals surface area contributed by atoms with Gasteiger partial charge in [0.1, 0.15) is 5.75 Å². The van der Waals surface area contributed by atoms with Gasteiger partial charge in [0.15, 0.2) is 6.61 Å². The maximum absolute atomic E-state index is 12.4. The number of hydrogen-bond acceptors (Lipinski definition) is 6. The number of nitrogens with zero attached hydrogens (tertiary/aromatic N) is 3. The molecular formula is C18H15N5O3. The van der Waals surface area contributed by atoms with E-state index >= 15 is 0 Å². The van der Waals surface area contributed by atoms with E-state index < -0.39 is 0 Å². The molecule has 0 aliphatic rings. The lowest BCUT2D eigenvalue weighted by atomic mass is 10.2. The number of fused-ring (bicyclic) bond motifs is 1. The van der Waals surface area contributed by atoms with Crippen LogP contribution in [0.25, 0.3) is 10.9 Å². The zero-order valence-corrected chi connectivity index (χ0v) is 13.9. The average Bonchev–Trinajstić information content (AvgIpc) is 3.28. The first kappa shape index (κ1) is 15.8. The van der Waals surface area contributed by atoms with Crippen molar-refractivity contribution in [2.24, 2.45) is 0 Å². The summed E-state index contributed by atoms with van der Waals surface area (Å²) in [5.74, 6) is 1.38. The second kappa shape index (κ2) is 6.67. The van der Waals surface area contributed by atoms with Crippen LogP contribution in [0.3, 0.4) is 0 Å². The number of carbonyl (C=O) groups is 1. The highest BCUT2D eigenvalue weighted by molar-refractivity contribution is 6.05. The molecule has 2 aromatic carbocycles. The Morgan fingerprint density at radius 2 is 2.08 bits per heavy atom. The molecular weight excluding hydrogens is 334 g/mol. The summed E-state index contributed by atoms with van der Waals surface area (Å²) in [6.07, 6.45) is 1.71. The van der Waals surface area contributed by atoms with E-state index in [4.69, 9.17) is 9.26 Å². The molecule has 8 heteroatoms. The number of nitrogens with one attached hydrogen (secondary N) is 2. The summed E-state index contributed by atoms with van der Waals surface area (Å²) in [7, 11) is 0. The summed E-state index contributed by atoms with van der Waals surface area (Å²) < 4.78 is 10.5. The Morgan fingerprint density at radius 1 is 1.23 bits per heavy atom. The molecule has 0 unspecified atom stereocenters. The lowest BCUT2D eigenvalue weighted by Gasteiger charge is -2.07. The van der Waals surface area contributed by atoms with E-state index in [1.165, 1.54) is 0 Å². The van der Waals surface area contributed by atoms with Crippen molar-refractivity contribution in [2.45, 2.75) is 13.5 Å². The minimum Gasteiger partial charge on any atom is -0.485 e. The molecule has 4 rings (SSSR count). The lowest BCUT2D eigenvalue weighted by Crippen LogP contribution is -2.11. The monoisotopic (exact) mass is 349 g/mol. The van der Waals surface area contributed by atoms with Gasteiger partial charge >= 0.3 is 0 Å². The van der Waals surface area contributed by atoms with Crippen LogP contribution in [0.15, 0.2) is 53.2 Å². The van der Waals surface area contributed by atoms with Crippen LogP contribution in [0, 0.1) is 6.92 Å². The van der Waals surface area contributed by atoms with Crippen LogP contribution in [0.2, 0.25) is 0 Å². The fourth-order valence-corrected chi connectivity index (χ4v) is 2.47. The topological polar surface area (TPSA) is 106 Å². The van der Waals surface area contributed by atoms with Crippen molar-refractivity contribution in [2.75, 3.05) is 5.32 Å². The first-order chi connectivity index (χ1) is 12.7. The molecule has 2 N–H and O–H groups in total. The van der Waals surface area contributed by atoms with Crippen molar-refractivity contribution in [1.29, 1.82) is 0 Å². The van der Waals surface area contributed by atoms with Crippen LogP contribution in [0.1, 0.15) is 22.1 Å². The number of carbonyl (C=O) groups excluding carboxylic acids is 1. The molecule has 2 aromatic heterocycles. The zero-order valence-electron chi connectivity index (χ0n) is 13.9. The quantitative estimate of drug-likeness (QED) is 0.573. The number of amides is 1. The lowest BCUT2D eigenvalue weighted by molar-refractivity contribution is 0.102. The standard InChI is InChI=1S/C18H15N5O3/c1-11-20-17(23-26-11)10-25-15-5-2-12(3-6-15)18(24)21-14-4-7-16-13(8-14)9-19-22-16/h2-9H,10H2,1H3,(H,19,22)(H,21,24). The van der Waals surface area contributed by atoms with Gasteiger partial charge in [0.05, 0.1) is 11.7 Å². The molecule has 0 fully saturated rings. The maximum Gasteiger partial charge on any atom is 0.255 e. The third-order valence-electron chi connectivity index (χ3n) is 3.75. The van der Waals surface area contributed by atoms with Gasteiger partial charge in [0, 0.05) is 23.6 Å². The summed E-state index contributed by atoms with van der Waals surface area (Å²) in [4.78, 5) is 16.4. The van der Waals surface area contributed by atoms with Crippen LogP contribution in [-0.4, -0.2) is 26.2 Å². The highest BCUT2D eigenvalue weighted by Crippen LogP contribution is 2.19. The highest BCUT2D eigenvalue weighted by Gasteiger charge is 2.08. The molecule has 0 atom stereocenters. The van der Waals surface area contributed by atoms with Crippen LogP contribution >= 0.6 is 0 Å². The molecule has 2 heterocycles. The van der Waals surface area contributed by atoms with Gasteiger partial charge < -0.3 is 14.6 Å². The predicted molar refractivity (Wildman–Crippen MR) is 93.9 cm³/mol. The van der Waals surface area contributed by atoms with Gasteiger partial charge in [0.25, 0.3) is 5.91 Å². The Labute approximate surface area is 148 Å². The van der Waals surface area contributed by atoms with Gasteiger partial charge in [-0.25, -0.2) is 0 Å². The third-order valence-corrected chi connectivity index (χ3v) is 3.75. The number of benzene rings is 2. The summed E-state index contributed by atoms with van der Waals surface area (Å²) in [5.41, 5.74) is 2.15. The Morgan fingerprint density at radius 3 is 2.85 bits per heavy atom. The van der Waals surface area contributed by atoms with Crippen LogP contribution < -0.4 is 10.1 Å². The summed E-state index contributed by atoms with van der Waals surface area (Å²) in [6, 6.07) is 12.4. The summed E-state index contributed by atoms with van der Waals surface area (Å²) in [5, 5.41) is 14.4. The van der Waals surface area contributed by atoms with Gasteiger partial charge in [-0.05, 0) is 42.5 Å². The molecule has 130 valence electrons. The average molecular weight is 349 g/mol. The number of H-pyrrole nitrogens is 1. The number of rotatable bonds is 5. The van der Waals surface area contributed by atoms with Gasteiger partial charge in [0.2, 0.25) is 11.7 Å². The number of hydrogen-bond donors (Lipinski definition) is 2. The highest BCUT2D eigenvalue weighted by atomic mass is 16.5. The van der Waals surface area contributed by atoms with Crippen molar-refractivity contribution in [3.05, 3.63) is 65.9 Å². The van der Waals surface area contributed by atoms with E-state index in [1.807, 2.05) is 18.2 Å². The second-order valence-corrected chi connectivity index (χ2v) is 5.67. The SMILES string of the molecule is Cc1nc(COc2ccc(C(=O)Nc3ccc4[nH]ncc4c3)cc2)no1. The summed E-state index contributed by atoms with van der Waals surface area (Å²) in [6.45, 7) is 1.92. The number of anilines is 1. The minimum absolute atomic E-state index is 0.201. The molecule has 0 radical (unpaired) electrons. The van der Waals surface area contributed by atoms with Gasteiger partial charge in [-0.1, -0.05) is 5.16 Å². The fourth-order valence-electron chi connectivity index (χ4n) is 2.47. The second-order valence-electron chi connectivity index (χ2n) is 5.67. The number of ether oxygens (including phenoxy) is 1. The van der Waals surface area contributed by atoms with E-state index in [0.29, 0.717) is 28.7 Å². The van der Waals surface area contributed by atoms with Crippen molar-refractivity contribution in [3.8, 4) is 5.75 Å². The van der Waals surface area contributed by atoms with Crippen molar-refractivity contribution in [1.82, 2.24) is 20.3 Å². The smallest absolute Gasteiger partial charge is 0.255 e. The first-order valence-electron chi connectivity index (χ1n) is 7.94. The molecule has 0 bridgehead atoms. The molecule has 26 heavy (non-hydrogen) atoms. The van der Waals surface area contributed by atoms with E-state index in [2.05, 4.69) is 25.7 Å². The van der Waals surface area contributed by atoms with Crippen LogP contribution in [0.5, 0.6) is 5.75 Å². The molecule has 0 saturated heterocycles. The number of aromatic amines is 1. The van der Waals surface area contributed by atoms with Gasteiger partial charge in [-0.2, -0.15) is 10.1 Å². The van der Waals surface area contributed by atoms with Crippen LogP contribution in [-0.2, 0) is 6.61 Å². The van der Waals surface area contributed by atoms with E-state index in [0.717, 1.165) is 10.9 Å². The molecule has 8 nitrogen and oxygen atoms in total. The fraction of sp³-hybridized carbons (Fsp3) is 0.111. The Hall–Kier alpha value is -3.68. The molecule has 0 spiro atoms. The number of aryl methyl sites for hydroxylation is 1. The van der Waals surface area contributed by atoms with Crippen molar-refractivity contribution >= 4 is 22.5 Å². The van der Waals surface area contributed by atoms with E-state index in [1.54, 1.807) is 37.4 Å². The Bertz CT molecular complexity index is 1050. The van der Waals surface area contributed by atoms with Gasteiger partial charge in [-0.3, -0.25) is 9.89 Å². The Balaban J connectivity index is 1.39. The summed E-state index contributed by atoms with van der Waals surface area (Å²) >= 11 is 0. The predicted octanol–water partition coefficient (Wildman–Crippen LogP) is 3.09. The maximum atomic E-state index is 12.4. The van der Waals surface area contributed by atoms with E-state index in [9.17, 15) is 4.79 Å². The molecule has 0 aliphatic heterocycles. The van der Waals surface area contributed by atoms with E-state index in [-0.39, 0.29) is 12.5 Å². The third kappa shape index (κ3) is 3.39. The van der Waals surface area contributed by atoms with Crippen molar-refractivity contribution in [3.63, 3.8) is 0 Å².